The Morgan fingerprint density at radius 2 is 0.761 bits per heavy atom. The van der Waals surface area contributed by atoms with Gasteiger partial charge in [0.05, 0.1) is 0 Å². The van der Waals surface area contributed by atoms with Gasteiger partial charge in [-0.1, -0.05) is 206 Å². The van der Waals surface area contributed by atoms with Gasteiger partial charge in [0.15, 0.2) is 0 Å². The lowest BCUT2D eigenvalue weighted by molar-refractivity contribution is -0.124. The van der Waals surface area contributed by atoms with Gasteiger partial charge in [0.2, 0.25) is 5.91 Å². The van der Waals surface area contributed by atoms with Crippen molar-refractivity contribution in [1.82, 2.24) is 5.32 Å². The minimum atomic E-state index is 0.224. The van der Waals surface area contributed by atoms with Gasteiger partial charge in [0.25, 0.3) is 0 Å². The highest BCUT2D eigenvalue weighted by Gasteiger charge is 2.28. The lowest BCUT2D eigenvalue weighted by Crippen LogP contribution is -2.42. The highest BCUT2D eigenvalue weighted by atomic mass is 16.1. The molecule has 46 heavy (non-hydrogen) atoms. The van der Waals surface area contributed by atoms with E-state index in [1.54, 1.807) is 0 Å². The zero-order valence-corrected chi connectivity index (χ0v) is 31.6. The average Bonchev–Trinajstić information content (AvgIpc) is 3.05. The first-order valence-corrected chi connectivity index (χ1v) is 21.5. The van der Waals surface area contributed by atoms with Crippen LogP contribution in [0.1, 0.15) is 251 Å². The predicted octanol–water partition coefficient (Wildman–Crippen LogP) is 14.1. The van der Waals surface area contributed by atoms with Crippen LogP contribution in [0.15, 0.2) is 0 Å². The second kappa shape index (κ2) is 34.0. The molecule has 1 aliphatic carbocycles. The fraction of sp³-hybridized carbons (Fsp3) is 0.953. The Kier molecular flexibility index (Phi) is 31.9. The molecule has 1 amide bonds. The number of nitrogens with one attached hydrogen (secondary N) is 1. The van der Waals surface area contributed by atoms with Crippen molar-refractivity contribution in [2.24, 2.45) is 5.92 Å². The molecule has 0 unspecified atom stereocenters. The number of hydrogen-bond donors (Lipinski definition) is 1. The van der Waals surface area contributed by atoms with Gasteiger partial charge >= 0.3 is 0 Å². The molecule has 1 saturated carbocycles. The summed E-state index contributed by atoms with van der Waals surface area (Å²) in [6.07, 6.45) is 47.3. The monoisotopic (exact) mass is 646 g/mol. The Labute approximate surface area is 289 Å². The summed E-state index contributed by atoms with van der Waals surface area (Å²) in [6.45, 7) is 4.58. The molecule has 0 aromatic heterocycles. The molecule has 3 nitrogen and oxygen atoms in total. The Morgan fingerprint density at radius 3 is 1.15 bits per heavy atom. The third-order valence-corrected chi connectivity index (χ3v) is 10.8. The molecule has 1 aliphatic rings. The summed E-state index contributed by atoms with van der Waals surface area (Å²) in [5, 5.41) is 3.35. The first kappa shape index (κ1) is 43.2. The van der Waals surface area contributed by atoms with Crippen molar-refractivity contribution in [3.8, 4) is 0 Å². The molecule has 3 heteroatoms. The fourth-order valence-corrected chi connectivity index (χ4v) is 7.67. The second-order valence-electron chi connectivity index (χ2n) is 15.4. The van der Waals surface area contributed by atoms with E-state index >= 15 is 0 Å². The smallest absolute Gasteiger partial charge is 0.220 e. The van der Waals surface area contributed by atoms with Gasteiger partial charge in [0, 0.05) is 25.3 Å². The maximum atomic E-state index is 12.8. The predicted molar refractivity (Wildman–Crippen MR) is 203 cm³/mol. The third-order valence-electron chi connectivity index (χ3n) is 10.8. The molecule has 0 aromatic carbocycles. The lowest BCUT2D eigenvalue weighted by Gasteiger charge is -2.32. The largest absolute Gasteiger partial charge is 0.353 e. The molecule has 1 N–H and O–H groups in total. The molecule has 272 valence electrons. The topological polar surface area (TPSA) is 46.2 Å². The summed E-state index contributed by atoms with van der Waals surface area (Å²) < 4.78 is 0. The maximum absolute atomic E-state index is 12.8. The van der Waals surface area contributed by atoms with Crippen LogP contribution < -0.4 is 5.32 Å². The number of Topliss-reactive ketones (excluding diaryl/α,β-unsaturated/α-hetero) is 1. The van der Waals surface area contributed by atoms with Gasteiger partial charge in [-0.3, -0.25) is 9.59 Å². The summed E-state index contributed by atoms with van der Waals surface area (Å²) in [5.41, 5.74) is 0. The van der Waals surface area contributed by atoms with Crippen LogP contribution >= 0.6 is 0 Å². The van der Waals surface area contributed by atoms with Crippen molar-refractivity contribution in [3.05, 3.63) is 0 Å². The summed E-state index contributed by atoms with van der Waals surface area (Å²) in [4.78, 5) is 25.5. The molecule has 0 spiro atoms. The van der Waals surface area contributed by atoms with Crippen molar-refractivity contribution in [2.75, 3.05) is 0 Å². The van der Waals surface area contributed by atoms with E-state index in [1.165, 1.54) is 193 Å². The van der Waals surface area contributed by atoms with Gasteiger partial charge in [-0.25, -0.2) is 0 Å². The second-order valence-corrected chi connectivity index (χ2v) is 15.4. The standard InChI is InChI=1S/C43H83NO2/c1-3-5-7-9-11-13-15-17-19-21-23-25-27-29-31-36-41(45)39-40-35-33-34-37-42(40)44-43(46)38-32-30-28-26-24-22-20-18-16-14-12-10-8-6-4-2/h40,42H,3-39H2,1-2H3,(H,44,46)/t40-,42+/m1/s1. The summed E-state index contributed by atoms with van der Waals surface area (Å²) in [5.74, 6) is 1.02. The highest BCUT2D eigenvalue weighted by molar-refractivity contribution is 5.79. The molecule has 0 aliphatic heterocycles. The number of hydrogen-bond acceptors (Lipinski definition) is 2. The Bertz CT molecular complexity index is 605. The number of carbonyl (C=O) groups is 2. The number of rotatable bonds is 35. The Balaban J connectivity index is 1.96. The normalized spacial score (nSPS) is 16.6. The molecule has 0 bridgehead atoms. The fourth-order valence-electron chi connectivity index (χ4n) is 7.67. The summed E-state index contributed by atoms with van der Waals surface area (Å²) in [7, 11) is 0. The van der Waals surface area contributed by atoms with E-state index in [0.29, 0.717) is 24.5 Å². The van der Waals surface area contributed by atoms with E-state index in [9.17, 15) is 9.59 Å². The van der Waals surface area contributed by atoms with Crippen molar-refractivity contribution in [1.29, 1.82) is 0 Å². The molecular formula is C43H83NO2. The van der Waals surface area contributed by atoms with Crippen molar-refractivity contribution in [2.45, 2.75) is 257 Å². The molecule has 0 heterocycles. The first-order chi connectivity index (χ1) is 22.7. The maximum Gasteiger partial charge on any atom is 0.220 e. The van der Waals surface area contributed by atoms with Crippen LogP contribution in [0.3, 0.4) is 0 Å². The van der Waals surface area contributed by atoms with Crippen molar-refractivity contribution in [3.63, 3.8) is 0 Å². The van der Waals surface area contributed by atoms with Crippen LogP contribution in [-0.4, -0.2) is 17.7 Å². The van der Waals surface area contributed by atoms with Gasteiger partial charge in [0.1, 0.15) is 5.78 Å². The number of carbonyl (C=O) groups excluding carboxylic acids is 2. The first-order valence-electron chi connectivity index (χ1n) is 21.5. The van der Waals surface area contributed by atoms with Crippen LogP contribution in [0.5, 0.6) is 0 Å². The van der Waals surface area contributed by atoms with E-state index in [2.05, 4.69) is 19.2 Å². The van der Waals surface area contributed by atoms with Crippen molar-refractivity contribution >= 4 is 11.7 Å². The average molecular weight is 646 g/mol. The third kappa shape index (κ3) is 28.2. The van der Waals surface area contributed by atoms with Crippen LogP contribution in [0.2, 0.25) is 0 Å². The summed E-state index contributed by atoms with van der Waals surface area (Å²) in [6, 6.07) is 0.225. The Hall–Kier alpha value is -0.860. The van der Waals surface area contributed by atoms with Crippen LogP contribution in [-0.2, 0) is 9.59 Å². The molecule has 0 radical (unpaired) electrons. The van der Waals surface area contributed by atoms with E-state index < -0.39 is 0 Å². The van der Waals surface area contributed by atoms with E-state index in [4.69, 9.17) is 0 Å². The zero-order chi connectivity index (χ0) is 33.2. The van der Waals surface area contributed by atoms with Crippen LogP contribution in [0.25, 0.3) is 0 Å². The number of amides is 1. The molecule has 2 atom stereocenters. The lowest BCUT2D eigenvalue weighted by atomic mass is 9.80. The highest BCUT2D eigenvalue weighted by Crippen LogP contribution is 2.28. The molecule has 0 saturated heterocycles. The SMILES string of the molecule is CCCCCCCCCCCCCCCCCC(=O)C[C@H]1CCCC[C@@H]1NC(=O)CCCCCCCCCCCCCCCCC. The number of ketones is 1. The Morgan fingerprint density at radius 1 is 0.435 bits per heavy atom. The number of unbranched alkanes of at least 4 members (excludes halogenated alkanes) is 28. The van der Waals surface area contributed by atoms with Crippen molar-refractivity contribution < 1.29 is 9.59 Å². The van der Waals surface area contributed by atoms with E-state index in [1.807, 2.05) is 0 Å². The quantitative estimate of drug-likeness (QED) is 0.0697. The van der Waals surface area contributed by atoms with Crippen LogP contribution in [0, 0.1) is 5.92 Å². The van der Waals surface area contributed by atoms with Gasteiger partial charge in [-0.15, -0.1) is 0 Å². The molecule has 1 fully saturated rings. The zero-order valence-electron chi connectivity index (χ0n) is 31.6. The van der Waals surface area contributed by atoms with E-state index in [0.717, 1.165) is 32.1 Å². The summed E-state index contributed by atoms with van der Waals surface area (Å²) >= 11 is 0. The van der Waals surface area contributed by atoms with E-state index in [-0.39, 0.29) is 11.9 Å². The minimum absolute atomic E-state index is 0.224. The van der Waals surface area contributed by atoms with Crippen LogP contribution in [0.4, 0.5) is 0 Å². The van der Waals surface area contributed by atoms with Gasteiger partial charge < -0.3 is 5.32 Å². The minimum Gasteiger partial charge on any atom is -0.353 e. The molecular weight excluding hydrogens is 562 g/mol. The van der Waals surface area contributed by atoms with Gasteiger partial charge in [-0.2, -0.15) is 0 Å². The molecule has 1 rings (SSSR count). The molecule has 0 aromatic rings. The van der Waals surface area contributed by atoms with Gasteiger partial charge in [-0.05, 0) is 31.6 Å².